The summed E-state index contributed by atoms with van der Waals surface area (Å²) in [5, 5.41) is 9.72. The SMILES string of the molecule is C[C@@H](OC(=O)[C@@H](N)CO)[C@H](N)C(=O)OC(=O)[C@@H](N)Cc1c[nH]c2ccccc12. The Bertz CT molecular complexity index is 851. The van der Waals surface area contributed by atoms with Gasteiger partial charge < -0.3 is 36.8 Å². The number of hydrogen-bond donors (Lipinski definition) is 5. The van der Waals surface area contributed by atoms with Gasteiger partial charge in [0, 0.05) is 23.5 Å². The maximum Gasteiger partial charge on any atom is 0.334 e. The van der Waals surface area contributed by atoms with E-state index in [1.165, 1.54) is 6.92 Å². The summed E-state index contributed by atoms with van der Waals surface area (Å²) in [6.07, 6.45) is 0.772. The van der Waals surface area contributed by atoms with Crippen LogP contribution in [0.4, 0.5) is 0 Å². The zero-order valence-electron chi connectivity index (χ0n) is 15.3. The summed E-state index contributed by atoms with van der Waals surface area (Å²) in [6.45, 7) is 0.719. The zero-order valence-corrected chi connectivity index (χ0v) is 15.3. The predicted octanol–water partition coefficient (Wildman–Crippen LogP) is -1.31. The molecule has 152 valence electrons. The molecule has 0 saturated carbocycles. The molecule has 0 unspecified atom stereocenters. The number of ether oxygens (including phenoxy) is 2. The van der Waals surface area contributed by atoms with E-state index in [0.29, 0.717) is 0 Å². The van der Waals surface area contributed by atoms with Crippen LogP contribution in [0.3, 0.4) is 0 Å². The lowest BCUT2D eigenvalue weighted by Crippen LogP contribution is -2.48. The standard InChI is InChI=1S/C18H24N4O6/c1-9(27-17(25)13(20)8-23)15(21)18(26)28-16(24)12(19)6-10-7-22-14-5-3-2-4-11(10)14/h2-5,7,9,12-13,15,22-23H,6,8,19-21H2,1H3/t9-,12+,13+,15+/m1/s1. The van der Waals surface area contributed by atoms with Crippen LogP contribution in [-0.4, -0.2) is 58.8 Å². The van der Waals surface area contributed by atoms with Gasteiger partial charge in [0.2, 0.25) is 0 Å². The first-order valence-electron chi connectivity index (χ1n) is 8.63. The zero-order chi connectivity index (χ0) is 20.8. The average molecular weight is 392 g/mol. The number of aromatic amines is 1. The van der Waals surface area contributed by atoms with E-state index in [-0.39, 0.29) is 6.42 Å². The van der Waals surface area contributed by atoms with E-state index < -0.39 is 48.7 Å². The number of nitrogens with two attached hydrogens (primary N) is 3. The first-order chi connectivity index (χ1) is 13.2. The molecule has 10 nitrogen and oxygen atoms in total. The normalized spacial score (nSPS) is 15.5. The minimum Gasteiger partial charge on any atom is -0.459 e. The molecule has 2 aromatic rings. The number of rotatable bonds is 8. The van der Waals surface area contributed by atoms with Crippen molar-refractivity contribution < 1.29 is 29.0 Å². The van der Waals surface area contributed by atoms with E-state index in [9.17, 15) is 14.4 Å². The lowest BCUT2D eigenvalue weighted by atomic mass is 10.1. The number of aliphatic hydroxyl groups is 1. The molecule has 4 atom stereocenters. The van der Waals surface area contributed by atoms with Crippen molar-refractivity contribution >= 4 is 28.8 Å². The van der Waals surface area contributed by atoms with Crippen molar-refractivity contribution in [2.75, 3.05) is 6.61 Å². The molecule has 8 N–H and O–H groups in total. The highest BCUT2D eigenvalue weighted by Crippen LogP contribution is 2.19. The van der Waals surface area contributed by atoms with Crippen LogP contribution in [0.15, 0.2) is 30.5 Å². The summed E-state index contributed by atoms with van der Waals surface area (Å²) in [6, 6.07) is 3.74. The van der Waals surface area contributed by atoms with Crippen molar-refractivity contribution in [3.05, 3.63) is 36.0 Å². The van der Waals surface area contributed by atoms with Crippen LogP contribution in [-0.2, 0) is 30.3 Å². The Morgan fingerprint density at radius 1 is 1.07 bits per heavy atom. The fraction of sp³-hybridized carbons (Fsp3) is 0.389. The fourth-order valence-electron chi connectivity index (χ4n) is 2.47. The number of aliphatic hydroxyl groups excluding tert-OH is 1. The minimum absolute atomic E-state index is 0.154. The number of hydrogen-bond acceptors (Lipinski definition) is 9. The van der Waals surface area contributed by atoms with Crippen LogP contribution in [0.1, 0.15) is 12.5 Å². The molecule has 0 amide bonds. The van der Waals surface area contributed by atoms with Crippen molar-refractivity contribution in [1.29, 1.82) is 0 Å². The third kappa shape index (κ3) is 5.14. The van der Waals surface area contributed by atoms with Gasteiger partial charge in [0.1, 0.15) is 24.2 Å². The molecule has 0 aliphatic carbocycles. The highest BCUT2D eigenvalue weighted by atomic mass is 16.6. The first-order valence-corrected chi connectivity index (χ1v) is 8.63. The van der Waals surface area contributed by atoms with Crippen LogP contribution in [0.5, 0.6) is 0 Å². The maximum absolute atomic E-state index is 12.1. The van der Waals surface area contributed by atoms with Gasteiger partial charge in [-0.15, -0.1) is 0 Å². The second-order valence-corrected chi connectivity index (χ2v) is 6.37. The molecule has 1 aromatic carbocycles. The highest BCUT2D eigenvalue weighted by molar-refractivity contribution is 5.92. The molecule has 0 bridgehead atoms. The first kappa shape index (κ1) is 21.5. The Hall–Kier alpha value is -2.79. The van der Waals surface area contributed by atoms with Gasteiger partial charge in [0.25, 0.3) is 0 Å². The fourth-order valence-corrected chi connectivity index (χ4v) is 2.47. The van der Waals surface area contributed by atoms with E-state index in [1.807, 2.05) is 24.3 Å². The molecular formula is C18H24N4O6. The second-order valence-electron chi connectivity index (χ2n) is 6.37. The van der Waals surface area contributed by atoms with Gasteiger partial charge in [-0.2, -0.15) is 0 Å². The number of benzene rings is 1. The number of fused-ring (bicyclic) bond motifs is 1. The summed E-state index contributed by atoms with van der Waals surface area (Å²) in [5.74, 6) is -2.96. The van der Waals surface area contributed by atoms with Crippen LogP contribution in [0.25, 0.3) is 10.9 Å². The van der Waals surface area contributed by atoms with Crippen LogP contribution in [0, 0.1) is 0 Å². The molecule has 0 radical (unpaired) electrons. The summed E-state index contributed by atoms with van der Waals surface area (Å²) >= 11 is 0. The molecule has 2 rings (SSSR count). The largest absolute Gasteiger partial charge is 0.459 e. The van der Waals surface area contributed by atoms with Gasteiger partial charge in [0.05, 0.1) is 6.61 Å². The molecule has 0 aliphatic heterocycles. The number of carbonyl (C=O) groups is 3. The van der Waals surface area contributed by atoms with Crippen LogP contribution >= 0.6 is 0 Å². The molecule has 0 saturated heterocycles. The van der Waals surface area contributed by atoms with E-state index in [0.717, 1.165) is 16.5 Å². The number of carbonyl (C=O) groups excluding carboxylic acids is 3. The number of esters is 3. The summed E-state index contributed by atoms with van der Waals surface area (Å²) in [4.78, 5) is 38.7. The highest BCUT2D eigenvalue weighted by Gasteiger charge is 2.30. The van der Waals surface area contributed by atoms with E-state index in [1.54, 1.807) is 6.20 Å². The number of H-pyrrole nitrogens is 1. The second kappa shape index (κ2) is 9.42. The van der Waals surface area contributed by atoms with E-state index in [4.69, 9.17) is 31.8 Å². The lowest BCUT2D eigenvalue weighted by molar-refractivity contribution is -0.165. The molecule has 0 aliphatic rings. The molecule has 10 heteroatoms. The monoisotopic (exact) mass is 392 g/mol. The predicted molar refractivity (Wildman–Crippen MR) is 99.7 cm³/mol. The van der Waals surface area contributed by atoms with Crippen molar-refractivity contribution in [1.82, 2.24) is 4.98 Å². The topological polar surface area (TPSA) is 184 Å². The van der Waals surface area contributed by atoms with Crippen molar-refractivity contribution in [3.63, 3.8) is 0 Å². The Labute approximate surface area is 160 Å². The van der Waals surface area contributed by atoms with E-state index >= 15 is 0 Å². The van der Waals surface area contributed by atoms with Gasteiger partial charge >= 0.3 is 17.9 Å². The van der Waals surface area contributed by atoms with Crippen molar-refractivity contribution in [2.45, 2.75) is 37.6 Å². The Kier molecular flexibility index (Phi) is 7.24. The molecule has 0 spiro atoms. The number of para-hydroxylation sites is 1. The number of nitrogens with one attached hydrogen (secondary N) is 1. The van der Waals surface area contributed by atoms with Crippen molar-refractivity contribution in [3.8, 4) is 0 Å². The number of aromatic nitrogens is 1. The molecule has 0 fully saturated rings. The third-order valence-electron chi connectivity index (χ3n) is 4.20. The van der Waals surface area contributed by atoms with Crippen LogP contribution in [0.2, 0.25) is 0 Å². The molecule has 28 heavy (non-hydrogen) atoms. The molecule has 1 aromatic heterocycles. The summed E-state index contributed by atoms with van der Waals surface area (Å²) in [7, 11) is 0. The Balaban J connectivity index is 1.91. The molecule has 1 heterocycles. The van der Waals surface area contributed by atoms with Gasteiger partial charge in [-0.05, 0) is 18.6 Å². The Morgan fingerprint density at radius 2 is 1.75 bits per heavy atom. The Morgan fingerprint density at radius 3 is 2.43 bits per heavy atom. The third-order valence-corrected chi connectivity index (χ3v) is 4.20. The van der Waals surface area contributed by atoms with Gasteiger partial charge in [-0.1, -0.05) is 18.2 Å². The van der Waals surface area contributed by atoms with Crippen molar-refractivity contribution in [2.24, 2.45) is 17.2 Å². The van der Waals surface area contributed by atoms with Gasteiger partial charge in [-0.25, -0.2) is 9.59 Å². The average Bonchev–Trinajstić information content (AvgIpc) is 3.09. The van der Waals surface area contributed by atoms with E-state index in [2.05, 4.69) is 4.98 Å². The van der Waals surface area contributed by atoms with Gasteiger partial charge in [0.15, 0.2) is 0 Å². The van der Waals surface area contributed by atoms with Gasteiger partial charge in [-0.3, -0.25) is 4.79 Å². The molecular weight excluding hydrogens is 368 g/mol. The van der Waals surface area contributed by atoms with Crippen LogP contribution < -0.4 is 17.2 Å². The summed E-state index contributed by atoms with van der Waals surface area (Å²) in [5.41, 5.74) is 18.5. The maximum atomic E-state index is 12.1. The quantitative estimate of drug-likeness (QED) is 0.269. The lowest BCUT2D eigenvalue weighted by Gasteiger charge is -2.20. The smallest absolute Gasteiger partial charge is 0.334 e. The summed E-state index contributed by atoms with van der Waals surface area (Å²) < 4.78 is 9.58. The minimum atomic E-state index is -1.42.